The van der Waals surface area contributed by atoms with Gasteiger partial charge in [-0.25, -0.2) is 0 Å². The zero-order valence-electron chi connectivity index (χ0n) is 12.8. The van der Waals surface area contributed by atoms with Crippen molar-refractivity contribution < 1.29 is 4.74 Å². The van der Waals surface area contributed by atoms with Crippen molar-refractivity contribution in [1.29, 1.82) is 0 Å². The van der Waals surface area contributed by atoms with Crippen molar-refractivity contribution in [1.82, 2.24) is 20.2 Å². The number of aromatic nitrogens is 4. The molecule has 0 radical (unpaired) electrons. The number of nitrogens with one attached hydrogen (secondary N) is 1. The van der Waals surface area contributed by atoms with Crippen LogP contribution >= 0.6 is 11.6 Å². The number of allylic oxidation sites excluding steroid dienone is 1. The van der Waals surface area contributed by atoms with Gasteiger partial charge < -0.3 is 10.1 Å². The van der Waals surface area contributed by atoms with Gasteiger partial charge in [0.05, 0.1) is 7.11 Å². The minimum Gasteiger partial charge on any atom is -0.497 e. The highest BCUT2D eigenvalue weighted by atomic mass is 35.5. The summed E-state index contributed by atoms with van der Waals surface area (Å²) >= 11 is 6.38. The number of tetrazole rings is 1. The maximum atomic E-state index is 6.38. The van der Waals surface area contributed by atoms with Crippen molar-refractivity contribution >= 4 is 23.2 Å². The molecule has 0 saturated carbocycles. The van der Waals surface area contributed by atoms with Gasteiger partial charge in [0.2, 0.25) is 5.95 Å². The summed E-state index contributed by atoms with van der Waals surface area (Å²) in [6.07, 6.45) is 2.06. The third-order valence-electron chi connectivity index (χ3n) is 3.95. The maximum absolute atomic E-state index is 6.38. The first-order valence-electron chi connectivity index (χ1n) is 7.42. The standard InChI is InChI=1S/C17H14ClN5O/c1-24-12-8-6-11(7-9-12)15-10-16(13-4-2-3-5-14(13)18)23-17(19-15)20-21-22-23/h2-10,16H,1H3,(H,19,20,22)/t16-/m1/s1. The molecule has 1 aliphatic heterocycles. The van der Waals surface area contributed by atoms with Crippen LogP contribution in [0, 0.1) is 0 Å². The molecule has 0 saturated heterocycles. The van der Waals surface area contributed by atoms with Gasteiger partial charge >= 0.3 is 0 Å². The molecule has 0 bridgehead atoms. The van der Waals surface area contributed by atoms with E-state index in [0.717, 1.165) is 22.6 Å². The number of rotatable bonds is 3. The van der Waals surface area contributed by atoms with Crippen molar-refractivity contribution in [2.45, 2.75) is 6.04 Å². The SMILES string of the molecule is COc1ccc(C2=C[C@H](c3ccccc3Cl)n3nnnc3N2)cc1. The first kappa shape index (κ1) is 14.7. The molecule has 1 aromatic heterocycles. The van der Waals surface area contributed by atoms with E-state index in [1.807, 2.05) is 48.5 Å². The second kappa shape index (κ2) is 5.98. The predicted molar refractivity (Wildman–Crippen MR) is 92.0 cm³/mol. The Morgan fingerprint density at radius 1 is 1.12 bits per heavy atom. The van der Waals surface area contributed by atoms with Gasteiger partial charge in [-0.05, 0) is 58.0 Å². The van der Waals surface area contributed by atoms with E-state index < -0.39 is 0 Å². The quantitative estimate of drug-likeness (QED) is 0.792. The molecular weight excluding hydrogens is 326 g/mol. The molecule has 3 aromatic rings. The van der Waals surface area contributed by atoms with E-state index >= 15 is 0 Å². The van der Waals surface area contributed by atoms with Gasteiger partial charge in [-0.15, -0.1) is 0 Å². The number of hydrogen-bond acceptors (Lipinski definition) is 5. The lowest BCUT2D eigenvalue weighted by Gasteiger charge is -2.24. The summed E-state index contributed by atoms with van der Waals surface area (Å²) in [6, 6.07) is 15.3. The van der Waals surface area contributed by atoms with Gasteiger partial charge in [-0.1, -0.05) is 34.9 Å². The van der Waals surface area contributed by atoms with Crippen LogP contribution in [0.1, 0.15) is 17.2 Å². The highest BCUT2D eigenvalue weighted by Crippen LogP contribution is 2.34. The van der Waals surface area contributed by atoms with Crippen molar-refractivity contribution in [3.63, 3.8) is 0 Å². The molecule has 0 amide bonds. The van der Waals surface area contributed by atoms with Crippen LogP contribution in [0.2, 0.25) is 5.02 Å². The van der Waals surface area contributed by atoms with Crippen LogP contribution < -0.4 is 10.1 Å². The Bertz CT molecular complexity index is 903. The number of halogens is 1. The van der Waals surface area contributed by atoms with E-state index in [-0.39, 0.29) is 6.04 Å². The molecule has 2 aromatic carbocycles. The van der Waals surface area contributed by atoms with Gasteiger partial charge in [0.1, 0.15) is 11.8 Å². The average Bonchev–Trinajstić information content (AvgIpc) is 3.10. The van der Waals surface area contributed by atoms with Crippen LogP contribution in [0.3, 0.4) is 0 Å². The molecule has 2 heterocycles. The molecule has 0 aliphatic carbocycles. The molecule has 0 fully saturated rings. The summed E-state index contributed by atoms with van der Waals surface area (Å²) in [5, 5.41) is 15.8. The monoisotopic (exact) mass is 339 g/mol. The van der Waals surface area contributed by atoms with E-state index in [1.165, 1.54) is 0 Å². The molecule has 1 N–H and O–H groups in total. The average molecular weight is 340 g/mol. The first-order valence-corrected chi connectivity index (χ1v) is 7.79. The number of nitrogens with zero attached hydrogens (tertiary/aromatic N) is 4. The fraction of sp³-hybridized carbons (Fsp3) is 0.118. The van der Waals surface area contributed by atoms with Crippen molar-refractivity contribution in [3.8, 4) is 5.75 Å². The molecule has 24 heavy (non-hydrogen) atoms. The zero-order chi connectivity index (χ0) is 16.5. The van der Waals surface area contributed by atoms with Gasteiger partial charge in [0, 0.05) is 10.7 Å². The second-order valence-corrected chi connectivity index (χ2v) is 5.75. The third-order valence-corrected chi connectivity index (χ3v) is 4.30. The number of ether oxygens (including phenoxy) is 1. The molecule has 0 unspecified atom stereocenters. The molecule has 6 nitrogen and oxygen atoms in total. The van der Waals surface area contributed by atoms with Gasteiger partial charge in [0.25, 0.3) is 0 Å². The lowest BCUT2D eigenvalue weighted by atomic mass is 10.0. The fourth-order valence-electron chi connectivity index (χ4n) is 2.73. The molecular formula is C17H14ClN5O. The van der Waals surface area contributed by atoms with Crippen LogP contribution in [0.5, 0.6) is 5.75 Å². The number of hydrogen-bond donors (Lipinski definition) is 1. The highest BCUT2D eigenvalue weighted by molar-refractivity contribution is 6.31. The summed E-state index contributed by atoms with van der Waals surface area (Å²) in [6.45, 7) is 0. The maximum Gasteiger partial charge on any atom is 0.248 e. The first-order chi connectivity index (χ1) is 11.8. The lowest BCUT2D eigenvalue weighted by molar-refractivity contribution is 0.415. The zero-order valence-corrected chi connectivity index (χ0v) is 13.6. The van der Waals surface area contributed by atoms with Crippen LogP contribution in [0.25, 0.3) is 5.70 Å². The number of benzene rings is 2. The molecule has 7 heteroatoms. The Morgan fingerprint density at radius 2 is 1.92 bits per heavy atom. The van der Waals surface area contributed by atoms with Crippen molar-refractivity contribution in [2.24, 2.45) is 0 Å². The minimum atomic E-state index is -0.179. The minimum absolute atomic E-state index is 0.179. The molecule has 4 rings (SSSR count). The predicted octanol–water partition coefficient (Wildman–Crippen LogP) is 3.39. The normalized spacial score (nSPS) is 16.1. The van der Waals surface area contributed by atoms with E-state index in [1.54, 1.807) is 11.8 Å². The van der Waals surface area contributed by atoms with Crippen molar-refractivity contribution in [2.75, 3.05) is 12.4 Å². The molecule has 1 atom stereocenters. The summed E-state index contributed by atoms with van der Waals surface area (Å²) in [4.78, 5) is 0. The smallest absolute Gasteiger partial charge is 0.248 e. The van der Waals surface area contributed by atoms with E-state index in [9.17, 15) is 0 Å². The summed E-state index contributed by atoms with van der Waals surface area (Å²) in [5.41, 5.74) is 2.88. The van der Waals surface area contributed by atoms with Gasteiger partial charge in [0.15, 0.2) is 0 Å². The number of methoxy groups -OCH3 is 1. The number of anilines is 1. The largest absolute Gasteiger partial charge is 0.497 e. The van der Waals surface area contributed by atoms with E-state index in [0.29, 0.717) is 11.0 Å². The summed E-state index contributed by atoms with van der Waals surface area (Å²) in [5.74, 6) is 1.39. The van der Waals surface area contributed by atoms with Crippen LogP contribution in [0.4, 0.5) is 5.95 Å². The van der Waals surface area contributed by atoms with Gasteiger partial charge in [-0.3, -0.25) is 0 Å². The molecule has 120 valence electrons. The van der Waals surface area contributed by atoms with Crippen LogP contribution in [-0.2, 0) is 0 Å². The molecule has 0 spiro atoms. The Kier molecular flexibility index (Phi) is 3.66. The topological polar surface area (TPSA) is 64.9 Å². The lowest BCUT2D eigenvalue weighted by Crippen LogP contribution is -2.20. The van der Waals surface area contributed by atoms with E-state index in [4.69, 9.17) is 16.3 Å². The Balaban J connectivity index is 1.80. The van der Waals surface area contributed by atoms with E-state index in [2.05, 4.69) is 26.9 Å². The second-order valence-electron chi connectivity index (χ2n) is 5.35. The van der Waals surface area contributed by atoms with Crippen LogP contribution in [-0.4, -0.2) is 27.3 Å². The Hall–Kier alpha value is -2.86. The Labute approximate surface area is 143 Å². The fourth-order valence-corrected chi connectivity index (χ4v) is 2.98. The number of fused-ring (bicyclic) bond motifs is 1. The van der Waals surface area contributed by atoms with Crippen molar-refractivity contribution in [3.05, 3.63) is 70.8 Å². The van der Waals surface area contributed by atoms with Crippen LogP contribution in [0.15, 0.2) is 54.6 Å². The summed E-state index contributed by atoms with van der Waals surface area (Å²) < 4.78 is 6.93. The third kappa shape index (κ3) is 2.51. The molecule has 1 aliphatic rings. The van der Waals surface area contributed by atoms with Gasteiger partial charge in [-0.2, -0.15) is 4.68 Å². The highest BCUT2D eigenvalue weighted by Gasteiger charge is 2.25. The summed E-state index contributed by atoms with van der Waals surface area (Å²) in [7, 11) is 1.65. The Morgan fingerprint density at radius 3 is 2.67 bits per heavy atom.